The molecule has 1 aromatic rings. The molecule has 1 aromatic heterocycles. The topological polar surface area (TPSA) is 54.2 Å². The number of aliphatic imine (C=N–C) groups is 1. The SMILES string of the molecule is CCCNC(=NC)NCC(C)Cn1cccn1.I. The van der Waals surface area contributed by atoms with Crippen LogP contribution in [0.2, 0.25) is 0 Å². The van der Waals surface area contributed by atoms with Gasteiger partial charge in [-0.05, 0) is 18.4 Å². The monoisotopic (exact) mass is 365 g/mol. The maximum atomic E-state index is 4.20. The van der Waals surface area contributed by atoms with Crippen LogP contribution in [0, 0.1) is 5.92 Å². The van der Waals surface area contributed by atoms with E-state index in [1.807, 2.05) is 23.1 Å². The van der Waals surface area contributed by atoms with Crippen LogP contribution in [0.1, 0.15) is 20.3 Å². The lowest BCUT2D eigenvalue weighted by Gasteiger charge is -2.15. The molecule has 0 bridgehead atoms. The number of nitrogens with one attached hydrogen (secondary N) is 2. The fraction of sp³-hybridized carbons (Fsp3) is 0.667. The van der Waals surface area contributed by atoms with Gasteiger partial charge in [-0.3, -0.25) is 9.67 Å². The summed E-state index contributed by atoms with van der Waals surface area (Å²) in [6.45, 7) is 7.10. The number of hydrogen-bond acceptors (Lipinski definition) is 2. The van der Waals surface area contributed by atoms with Gasteiger partial charge in [-0.25, -0.2) is 0 Å². The molecule has 5 nitrogen and oxygen atoms in total. The molecule has 0 aliphatic carbocycles. The average Bonchev–Trinajstić information content (AvgIpc) is 2.82. The lowest BCUT2D eigenvalue weighted by atomic mass is 10.2. The molecule has 0 saturated heterocycles. The van der Waals surface area contributed by atoms with Crippen LogP contribution in [0.3, 0.4) is 0 Å². The first-order valence-corrected chi connectivity index (χ1v) is 6.18. The highest BCUT2D eigenvalue weighted by Gasteiger charge is 2.04. The minimum atomic E-state index is 0. The van der Waals surface area contributed by atoms with Crippen LogP contribution >= 0.6 is 24.0 Å². The Morgan fingerprint density at radius 3 is 2.78 bits per heavy atom. The summed E-state index contributed by atoms with van der Waals surface area (Å²) in [6, 6.07) is 1.95. The highest BCUT2D eigenvalue weighted by atomic mass is 127. The maximum absolute atomic E-state index is 4.20. The van der Waals surface area contributed by atoms with E-state index in [1.54, 1.807) is 7.05 Å². The number of nitrogens with zero attached hydrogens (tertiary/aromatic N) is 3. The highest BCUT2D eigenvalue weighted by molar-refractivity contribution is 14.0. The summed E-state index contributed by atoms with van der Waals surface area (Å²) in [5.74, 6) is 1.38. The lowest BCUT2D eigenvalue weighted by molar-refractivity contribution is 0.443. The minimum absolute atomic E-state index is 0. The fourth-order valence-corrected chi connectivity index (χ4v) is 1.53. The first-order chi connectivity index (χ1) is 8.26. The van der Waals surface area contributed by atoms with E-state index in [4.69, 9.17) is 0 Å². The Bertz CT molecular complexity index is 323. The van der Waals surface area contributed by atoms with Gasteiger partial charge in [0, 0.05) is 39.1 Å². The van der Waals surface area contributed by atoms with Crippen LogP contribution in [-0.4, -0.2) is 35.9 Å². The van der Waals surface area contributed by atoms with Crippen LogP contribution in [0.5, 0.6) is 0 Å². The summed E-state index contributed by atoms with van der Waals surface area (Å²) in [4.78, 5) is 4.17. The van der Waals surface area contributed by atoms with Gasteiger partial charge in [0.05, 0.1) is 0 Å². The standard InChI is InChI=1S/C12H23N5.HI/c1-4-6-14-12(13-3)15-9-11(2)10-17-8-5-7-16-17;/h5,7-8,11H,4,6,9-10H2,1-3H3,(H2,13,14,15);1H. The second-order valence-electron chi connectivity index (χ2n) is 4.21. The lowest BCUT2D eigenvalue weighted by Crippen LogP contribution is -2.40. The molecule has 2 N–H and O–H groups in total. The van der Waals surface area contributed by atoms with E-state index in [0.29, 0.717) is 5.92 Å². The number of hydrogen-bond donors (Lipinski definition) is 2. The van der Waals surface area contributed by atoms with Crippen molar-refractivity contribution in [2.24, 2.45) is 10.9 Å². The van der Waals surface area contributed by atoms with Gasteiger partial charge in [-0.15, -0.1) is 24.0 Å². The Morgan fingerprint density at radius 1 is 1.44 bits per heavy atom. The van der Waals surface area contributed by atoms with Crippen LogP contribution in [0.4, 0.5) is 0 Å². The van der Waals surface area contributed by atoms with Gasteiger partial charge in [-0.2, -0.15) is 5.10 Å². The molecule has 0 amide bonds. The van der Waals surface area contributed by atoms with Crippen molar-refractivity contribution in [3.63, 3.8) is 0 Å². The molecule has 0 aliphatic heterocycles. The molecule has 1 heterocycles. The molecular formula is C12H24IN5. The van der Waals surface area contributed by atoms with Gasteiger partial charge in [-0.1, -0.05) is 13.8 Å². The van der Waals surface area contributed by atoms with Crippen molar-refractivity contribution >= 4 is 29.9 Å². The fourth-order valence-electron chi connectivity index (χ4n) is 1.53. The first kappa shape index (κ1) is 17.2. The van der Waals surface area contributed by atoms with E-state index in [-0.39, 0.29) is 24.0 Å². The van der Waals surface area contributed by atoms with E-state index in [1.165, 1.54) is 0 Å². The van der Waals surface area contributed by atoms with Gasteiger partial charge in [0.1, 0.15) is 0 Å². The Labute approximate surface area is 126 Å². The largest absolute Gasteiger partial charge is 0.356 e. The van der Waals surface area contributed by atoms with Crippen LogP contribution < -0.4 is 10.6 Å². The van der Waals surface area contributed by atoms with Crippen LogP contribution in [-0.2, 0) is 6.54 Å². The molecule has 0 fully saturated rings. The van der Waals surface area contributed by atoms with Gasteiger partial charge in [0.15, 0.2) is 5.96 Å². The summed E-state index contributed by atoms with van der Waals surface area (Å²) >= 11 is 0. The van der Waals surface area contributed by atoms with Gasteiger partial charge in [0.25, 0.3) is 0 Å². The summed E-state index contributed by atoms with van der Waals surface area (Å²) in [7, 11) is 1.79. The zero-order chi connectivity index (χ0) is 12.5. The van der Waals surface area contributed by atoms with Crippen molar-refractivity contribution < 1.29 is 0 Å². The van der Waals surface area contributed by atoms with Gasteiger partial charge >= 0.3 is 0 Å². The Morgan fingerprint density at radius 2 is 2.22 bits per heavy atom. The van der Waals surface area contributed by atoms with Crippen molar-refractivity contribution in [2.75, 3.05) is 20.1 Å². The van der Waals surface area contributed by atoms with Crippen molar-refractivity contribution in [1.82, 2.24) is 20.4 Å². The molecule has 0 saturated carbocycles. The molecule has 104 valence electrons. The van der Waals surface area contributed by atoms with E-state index < -0.39 is 0 Å². The first-order valence-electron chi connectivity index (χ1n) is 6.18. The second kappa shape index (κ2) is 10.2. The zero-order valence-corrected chi connectivity index (χ0v) is 13.7. The van der Waals surface area contributed by atoms with E-state index in [0.717, 1.165) is 32.0 Å². The summed E-state index contributed by atoms with van der Waals surface area (Å²) in [5, 5.41) is 10.8. The molecule has 18 heavy (non-hydrogen) atoms. The second-order valence-corrected chi connectivity index (χ2v) is 4.21. The molecule has 0 aromatic carbocycles. The molecule has 1 atom stereocenters. The van der Waals surface area contributed by atoms with Crippen molar-refractivity contribution in [2.45, 2.75) is 26.8 Å². The Kier molecular flexibility index (Phi) is 9.72. The molecule has 0 aliphatic rings. The molecule has 0 spiro atoms. The smallest absolute Gasteiger partial charge is 0.190 e. The van der Waals surface area contributed by atoms with Crippen LogP contribution in [0.25, 0.3) is 0 Å². The quantitative estimate of drug-likeness (QED) is 0.459. The van der Waals surface area contributed by atoms with E-state index in [9.17, 15) is 0 Å². The van der Waals surface area contributed by atoms with Crippen LogP contribution in [0.15, 0.2) is 23.5 Å². The Hall–Kier alpha value is -0.790. The molecule has 6 heteroatoms. The predicted molar refractivity (Wildman–Crippen MR) is 86.5 cm³/mol. The Balaban J connectivity index is 0.00000289. The van der Waals surface area contributed by atoms with Gasteiger partial charge < -0.3 is 10.6 Å². The molecule has 1 rings (SSSR count). The van der Waals surface area contributed by atoms with Crippen molar-refractivity contribution in [3.05, 3.63) is 18.5 Å². The summed E-state index contributed by atoms with van der Waals surface area (Å²) in [6.07, 6.45) is 4.89. The number of aromatic nitrogens is 2. The highest BCUT2D eigenvalue weighted by Crippen LogP contribution is 1.97. The van der Waals surface area contributed by atoms with E-state index >= 15 is 0 Å². The van der Waals surface area contributed by atoms with E-state index in [2.05, 4.69) is 34.6 Å². The maximum Gasteiger partial charge on any atom is 0.190 e. The molecular weight excluding hydrogens is 341 g/mol. The zero-order valence-electron chi connectivity index (χ0n) is 11.4. The van der Waals surface area contributed by atoms with Crippen molar-refractivity contribution in [1.29, 1.82) is 0 Å². The summed E-state index contributed by atoms with van der Waals surface area (Å²) in [5.41, 5.74) is 0. The van der Waals surface area contributed by atoms with Gasteiger partial charge in [0.2, 0.25) is 0 Å². The third-order valence-electron chi connectivity index (χ3n) is 2.44. The summed E-state index contributed by atoms with van der Waals surface area (Å²) < 4.78 is 1.95. The molecule has 1 unspecified atom stereocenters. The predicted octanol–water partition coefficient (Wildman–Crippen LogP) is 1.71. The molecule has 0 radical (unpaired) electrons. The minimum Gasteiger partial charge on any atom is -0.356 e. The third-order valence-corrected chi connectivity index (χ3v) is 2.44. The number of guanidine groups is 1. The third kappa shape index (κ3) is 6.83. The number of rotatable bonds is 6. The van der Waals surface area contributed by atoms with Crippen molar-refractivity contribution in [3.8, 4) is 0 Å². The average molecular weight is 365 g/mol. The normalized spacial score (nSPS) is 12.7. The number of halogens is 1.